The third kappa shape index (κ3) is 3.53. The number of pyridine rings is 1. The van der Waals surface area contributed by atoms with Crippen LogP contribution in [0, 0.1) is 0 Å². The first-order valence-electron chi connectivity index (χ1n) is 9.82. The smallest absolute Gasteiger partial charge is 0.161 e. The molecule has 1 saturated carbocycles. The molecule has 0 amide bonds. The third-order valence-electron chi connectivity index (χ3n) is 5.41. The number of fused-ring (bicyclic) bond motifs is 1. The predicted molar refractivity (Wildman–Crippen MR) is 114 cm³/mol. The van der Waals surface area contributed by atoms with Crippen molar-refractivity contribution in [2.75, 3.05) is 4.72 Å². The van der Waals surface area contributed by atoms with Gasteiger partial charge in [-0.1, -0.05) is 43.2 Å². The number of nitrogens with zero attached hydrogens (tertiary/aromatic N) is 4. The summed E-state index contributed by atoms with van der Waals surface area (Å²) in [6.07, 6.45) is 10.0. The van der Waals surface area contributed by atoms with Gasteiger partial charge < -0.3 is 0 Å². The number of rotatable bonds is 5. The number of hydrogen-bond acceptors (Lipinski definition) is 4. The Morgan fingerprint density at radius 1 is 1.03 bits per heavy atom. The average Bonchev–Trinajstić information content (AvgIpc) is 3.44. The molecule has 1 unspecified atom stereocenters. The summed E-state index contributed by atoms with van der Waals surface area (Å²) in [5, 5.41) is 4.59. The highest BCUT2D eigenvalue weighted by Crippen LogP contribution is 2.37. The monoisotopic (exact) mass is 403 g/mol. The van der Waals surface area contributed by atoms with E-state index in [0.717, 1.165) is 16.9 Å². The molecule has 1 N–H and O–H groups in total. The summed E-state index contributed by atoms with van der Waals surface area (Å²) in [6.45, 7) is 0. The first kappa shape index (κ1) is 18.0. The van der Waals surface area contributed by atoms with Gasteiger partial charge in [-0.25, -0.2) is 9.19 Å². The highest BCUT2D eigenvalue weighted by atomic mass is 32.2. The molecule has 1 aliphatic carbocycles. The molecule has 3 heterocycles. The van der Waals surface area contributed by atoms with Gasteiger partial charge in [-0.15, -0.1) is 0 Å². The van der Waals surface area contributed by atoms with Crippen molar-refractivity contribution < 1.29 is 4.21 Å². The summed E-state index contributed by atoms with van der Waals surface area (Å²) in [4.78, 5) is 9.62. The van der Waals surface area contributed by atoms with Crippen LogP contribution in [0.1, 0.15) is 37.2 Å². The van der Waals surface area contributed by atoms with Gasteiger partial charge in [0.1, 0.15) is 5.82 Å². The molecular formula is C22H21N5OS. The van der Waals surface area contributed by atoms with Gasteiger partial charge in [0.05, 0.1) is 16.8 Å². The van der Waals surface area contributed by atoms with Crippen LogP contribution in [0.5, 0.6) is 0 Å². The SMILES string of the molecule is O=S(Nc1cc(-c2ccccc2)nc2c(C3CCCC3)cnn12)c1cccnc1. The van der Waals surface area contributed by atoms with Crippen molar-refractivity contribution in [2.45, 2.75) is 36.5 Å². The highest BCUT2D eigenvalue weighted by molar-refractivity contribution is 7.86. The van der Waals surface area contributed by atoms with Gasteiger partial charge in [-0.2, -0.15) is 9.61 Å². The van der Waals surface area contributed by atoms with Crippen molar-refractivity contribution in [1.82, 2.24) is 19.6 Å². The van der Waals surface area contributed by atoms with E-state index in [-0.39, 0.29) is 0 Å². The summed E-state index contributed by atoms with van der Waals surface area (Å²) in [7, 11) is -1.45. The van der Waals surface area contributed by atoms with Crippen LogP contribution in [0.4, 0.5) is 5.82 Å². The van der Waals surface area contributed by atoms with Crippen molar-refractivity contribution in [3.8, 4) is 11.3 Å². The van der Waals surface area contributed by atoms with Crippen LogP contribution in [0.15, 0.2) is 72.0 Å². The maximum absolute atomic E-state index is 12.9. The van der Waals surface area contributed by atoms with Crippen molar-refractivity contribution in [3.63, 3.8) is 0 Å². The van der Waals surface area contributed by atoms with E-state index in [1.807, 2.05) is 42.6 Å². The Kier molecular flexibility index (Phi) is 4.81. The van der Waals surface area contributed by atoms with Gasteiger partial charge in [0.15, 0.2) is 16.6 Å². The standard InChI is InChI=1S/C22H21N5OS/c28-29(18-11-6-12-23-14-18)26-21-13-20(17-9-2-1-3-10-17)25-22-19(15-24-27(21)22)16-7-4-5-8-16/h1-3,6,9-16,26H,4-5,7-8H2. The number of benzene rings is 1. The molecule has 1 atom stereocenters. The lowest BCUT2D eigenvalue weighted by Gasteiger charge is -2.12. The molecule has 4 aromatic rings. The molecule has 0 spiro atoms. The molecule has 146 valence electrons. The Morgan fingerprint density at radius 3 is 2.62 bits per heavy atom. The third-order valence-corrected chi connectivity index (χ3v) is 6.47. The van der Waals surface area contributed by atoms with Gasteiger partial charge in [0.2, 0.25) is 0 Å². The van der Waals surface area contributed by atoms with Gasteiger partial charge in [0.25, 0.3) is 0 Å². The predicted octanol–water partition coefficient (Wildman–Crippen LogP) is 4.58. The van der Waals surface area contributed by atoms with Crippen molar-refractivity contribution in [3.05, 3.63) is 72.7 Å². The van der Waals surface area contributed by atoms with Crippen LogP contribution >= 0.6 is 0 Å². The summed E-state index contributed by atoms with van der Waals surface area (Å²) < 4.78 is 17.7. The fraction of sp³-hybridized carbons (Fsp3) is 0.227. The van der Waals surface area contributed by atoms with Crippen LogP contribution in [-0.2, 0) is 11.0 Å². The average molecular weight is 404 g/mol. The number of anilines is 1. The quantitative estimate of drug-likeness (QED) is 0.529. The fourth-order valence-electron chi connectivity index (χ4n) is 3.94. The van der Waals surface area contributed by atoms with Gasteiger partial charge in [-0.05, 0) is 30.9 Å². The minimum Gasteiger partial charge on any atom is -0.285 e. The van der Waals surface area contributed by atoms with Gasteiger partial charge >= 0.3 is 0 Å². The maximum atomic E-state index is 12.9. The molecule has 6 nitrogen and oxygen atoms in total. The molecule has 29 heavy (non-hydrogen) atoms. The molecule has 1 aliphatic rings. The van der Waals surface area contributed by atoms with Crippen LogP contribution < -0.4 is 4.72 Å². The summed E-state index contributed by atoms with van der Waals surface area (Å²) in [5.74, 6) is 1.14. The minimum atomic E-state index is -1.45. The lowest BCUT2D eigenvalue weighted by atomic mass is 10.0. The molecule has 0 saturated heterocycles. The molecular weight excluding hydrogens is 382 g/mol. The first-order valence-corrected chi connectivity index (χ1v) is 11.0. The van der Waals surface area contributed by atoms with E-state index in [1.54, 1.807) is 29.0 Å². The minimum absolute atomic E-state index is 0.489. The summed E-state index contributed by atoms with van der Waals surface area (Å²) >= 11 is 0. The number of nitrogens with one attached hydrogen (secondary N) is 1. The fourth-order valence-corrected chi connectivity index (χ4v) is 4.76. The molecule has 5 rings (SSSR count). The topological polar surface area (TPSA) is 72.2 Å². The summed E-state index contributed by atoms with van der Waals surface area (Å²) in [6, 6.07) is 15.5. The Balaban J connectivity index is 1.62. The Hall–Kier alpha value is -3.06. The van der Waals surface area contributed by atoms with E-state index < -0.39 is 11.0 Å². The van der Waals surface area contributed by atoms with E-state index in [9.17, 15) is 4.21 Å². The maximum Gasteiger partial charge on any atom is 0.161 e. The van der Waals surface area contributed by atoms with E-state index in [2.05, 4.69) is 14.8 Å². The van der Waals surface area contributed by atoms with E-state index in [4.69, 9.17) is 4.98 Å². The van der Waals surface area contributed by atoms with Crippen LogP contribution in [-0.4, -0.2) is 23.8 Å². The van der Waals surface area contributed by atoms with Crippen LogP contribution in [0.25, 0.3) is 16.9 Å². The zero-order valence-electron chi connectivity index (χ0n) is 15.9. The second kappa shape index (κ2) is 7.75. The Labute approximate surface area is 171 Å². The van der Waals surface area contributed by atoms with E-state index in [0.29, 0.717) is 16.6 Å². The molecule has 1 aromatic carbocycles. The second-order valence-corrected chi connectivity index (χ2v) is 8.48. The molecule has 3 aromatic heterocycles. The van der Waals surface area contributed by atoms with Crippen molar-refractivity contribution >= 4 is 22.5 Å². The molecule has 1 fully saturated rings. The Morgan fingerprint density at radius 2 is 1.86 bits per heavy atom. The number of aromatic nitrogens is 4. The second-order valence-electron chi connectivity index (χ2n) is 7.27. The van der Waals surface area contributed by atoms with Crippen LogP contribution in [0.3, 0.4) is 0 Å². The van der Waals surface area contributed by atoms with Crippen LogP contribution in [0.2, 0.25) is 0 Å². The van der Waals surface area contributed by atoms with E-state index >= 15 is 0 Å². The van der Waals surface area contributed by atoms with Gasteiger partial charge in [-0.3, -0.25) is 9.71 Å². The Bertz CT molecular complexity index is 1150. The lowest BCUT2D eigenvalue weighted by molar-refractivity contribution is 0.685. The van der Waals surface area contributed by atoms with Gasteiger partial charge in [0, 0.05) is 29.6 Å². The molecule has 0 bridgehead atoms. The molecule has 0 aliphatic heterocycles. The van der Waals surface area contributed by atoms with Crippen molar-refractivity contribution in [2.24, 2.45) is 0 Å². The largest absolute Gasteiger partial charge is 0.285 e. The van der Waals surface area contributed by atoms with Crippen molar-refractivity contribution in [1.29, 1.82) is 0 Å². The summed E-state index contributed by atoms with van der Waals surface area (Å²) in [5.41, 5.74) is 3.87. The zero-order chi connectivity index (χ0) is 19.6. The number of hydrogen-bond donors (Lipinski definition) is 1. The first-order chi connectivity index (χ1) is 14.3. The lowest BCUT2D eigenvalue weighted by Crippen LogP contribution is -2.10. The zero-order valence-corrected chi connectivity index (χ0v) is 16.7. The molecule has 7 heteroatoms. The van der Waals surface area contributed by atoms with E-state index in [1.165, 1.54) is 31.2 Å². The molecule has 0 radical (unpaired) electrons. The normalized spacial score (nSPS) is 15.6. The highest BCUT2D eigenvalue weighted by Gasteiger charge is 2.23.